The largest absolute Gasteiger partial charge is 0.384 e. The highest BCUT2D eigenvalue weighted by Gasteiger charge is 2.19. The van der Waals surface area contributed by atoms with Crippen LogP contribution < -0.4 is 0 Å². The lowest BCUT2D eigenvalue weighted by atomic mass is 10.00. The van der Waals surface area contributed by atoms with Gasteiger partial charge < -0.3 is 5.11 Å². The smallest absolute Gasteiger partial charge is 0.160 e. The molecule has 1 atom stereocenters. The van der Waals surface area contributed by atoms with E-state index >= 15 is 0 Å². The van der Waals surface area contributed by atoms with E-state index in [0.29, 0.717) is 10.0 Å². The molecule has 0 bridgehead atoms. The molecule has 0 radical (unpaired) electrons. The summed E-state index contributed by atoms with van der Waals surface area (Å²) in [5.74, 6) is -2.08. The SMILES string of the molecule is Cc1ccc(Br)c(C(O)c2cc(F)c(F)cc2Cl)c1. The fourth-order valence-electron chi connectivity index (χ4n) is 1.79. The van der Waals surface area contributed by atoms with Gasteiger partial charge in [0.15, 0.2) is 11.6 Å². The quantitative estimate of drug-likeness (QED) is 0.776. The molecule has 2 aromatic rings. The van der Waals surface area contributed by atoms with E-state index in [4.69, 9.17) is 11.6 Å². The summed E-state index contributed by atoms with van der Waals surface area (Å²) in [4.78, 5) is 0. The Labute approximate surface area is 123 Å². The molecule has 0 aliphatic heterocycles. The van der Waals surface area contributed by atoms with E-state index in [0.717, 1.165) is 17.7 Å². The van der Waals surface area contributed by atoms with Crippen molar-refractivity contribution in [3.05, 3.63) is 68.2 Å². The van der Waals surface area contributed by atoms with E-state index in [-0.39, 0.29) is 10.6 Å². The molecule has 0 heterocycles. The van der Waals surface area contributed by atoms with Crippen molar-refractivity contribution in [1.29, 1.82) is 0 Å². The first-order valence-electron chi connectivity index (χ1n) is 5.48. The van der Waals surface area contributed by atoms with Gasteiger partial charge in [-0.15, -0.1) is 0 Å². The lowest BCUT2D eigenvalue weighted by Gasteiger charge is -2.16. The monoisotopic (exact) mass is 346 g/mol. The van der Waals surface area contributed by atoms with Crippen LogP contribution in [0.15, 0.2) is 34.8 Å². The van der Waals surface area contributed by atoms with Crippen LogP contribution in [0, 0.1) is 18.6 Å². The van der Waals surface area contributed by atoms with Crippen molar-refractivity contribution in [2.24, 2.45) is 0 Å². The van der Waals surface area contributed by atoms with Gasteiger partial charge in [0.1, 0.15) is 6.10 Å². The second-order valence-electron chi connectivity index (χ2n) is 4.22. The minimum absolute atomic E-state index is 0.0141. The number of halogens is 4. The molecule has 0 aromatic heterocycles. The Morgan fingerprint density at radius 1 is 1.11 bits per heavy atom. The van der Waals surface area contributed by atoms with Crippen LogP contribution in [-0.4, -0.2) is 5.11 Å². The third kappa shape index (κ3) is 2.96. The highest BCUT2D eigenvalue weighted by molar-refractivity contribution is 9.10. The van der Waals surface area contributed by atoms with Crippen molar-refractivity contribution in [2.45, 2.75) is 13.0 Å². The van der Waals surface area contributed by atoms with Gasteiger partial charge in [-0.3, -0.25) is 0 Å². The molecule has 0 saturated carbocycles. The number of benzene rings is 2. The molecule has 19 heavy (non-hydrogen) atoms. The highest BCUT2D eigenvalue weighted by atomic mass is 79.9. The molecule has 5 heteroatoms. The van der Waals surface area contributed by atoms with Gasteiger partial charge in [-0.25, -0.2) is 8.78 Å². The molecule has 1 unspecified atom stereocenters. The van der Waals surface area contributed by atoms with Crippen LogP contribution in [-0.2, 0) is 0 Å². The summed E-state index contributed by atoms with van der Waals surface area (Å²) in [6.45, 7) is 1.87. The minimum atomic E-state index is -1.13. The molecule has 2 rings (SSSR count). The fraction of sp³-hybridized carbons (Fsp3) is 0.143. The topological polar surface area (TPSA) is 20.2 Å². The standard InChI is InChI=1S/C14H10BrClF2O/c1-7-2-3-10(15)8(4-7)14(19)9-5-12(17)13(18)6-11(9)16/h2-6,14,19H,1H3. The Bertz CT molecular complexity index is 631. The number of aliphatic hydroxyl groups is 1. The molecule has 0 saturated heterocycles. The zero-order chi connectivity index (χ0) is 14.2. The van der Waals surface area contributed by atoms with E-state index in [1.54, 1.807) is 12.1 Å². The van der Waals surface area contributed by atoms with Crippen LogP contribution in [0.25, 0.3) is 0 Å². The van der Waals surface area contributed by atoms with E-state index in [2.05, 4.69) is 15.9 Å². The first-order valence-corrected chi connectivity index (χ1v) is 6.66. The van der Waals surface area contributed by atoms with Gasteiger partial charge in [0.25, 0.3) is 0 Å². The van der Waals surface area contributed by atoms with Gasteiger partial charge in [-0.1, -0.05) is 45.2 Å². The average molecular weight is 348 g/mol. The third-order valence-electron chi connectivity index (χ3n) is 2.78. The highest BCUT2D eigenvalue weighted by Crippen LogP contribution is 2.34. The zero-order valence-electron chi connectivity index (χ0n) is 9.92. The van der Waals surface area contributed by atoms with Gasteiger partial charge >= 0.3 is 0 Å². The summed E-state index contributed by atoms with van der Waals surface area (Å²) >= 11 is 9.17. The maximum atomic E-state index is 13.3. The molecule has 0 aliphatic carbocycles. The van der Waals surface area contributed by atoms with Crippen molar-refractivity contribution in [3.63, 3.8) is 0 Å². The second-order valence-corrected chi connectivity index (χ2v) is 5.48. The fourth-order valence-corrected chi connectivity index (χ4v) is 2.50. The van der Waals surface area contributed by atoms with Crippen molar-refractivity contribution in [3.8, 4) is 0 Å². The minimum Gasteiger partial charge on any atom is -0.384 e. The Balaban J connectivity index is 2.52. The predicted octanol–water partition coefficient (Wildman–Crippen LogP) is 4.77. The number of aliphatic hydroxyl groups excluding tert-OH is 1. The maximum Gasteiger partial charge on any atom is 0.160 e. The van der Waals surface area contributed by atoms with Gasteiger partial charge in [-0.2, -0.15) is 0 Å². The van der Waals surface area contributed by atoms with E-state index in [9.17, 15) is 13.9 Å². The van der Waals surface area contributed by atoms with E-state index in [1.165, 1.54) is 0 Å². The van der Waals surface area contributed by atoms with Crippen molar-refractivity contribution in [2.75, 3.05) is 0 Å². The summed E-state index contributed by atoms with van der Waals surface area (Å²) in [6.07, 6.45) is -1.13. The Morgan fingerprint density at radius 2 is 1.74 bits per heavy atom. The molecule has 2 aromatic carbocycles. The van der Waals surface area contributed by atoms with Crippen molar-refractivity contribution < 1.29 is 13.9 Å². The number of hydrogen-bond donors (Lipinski definition) is 1. The first kappa shape index (κ1) is 14.4. The summed E-state index contributed by atoms with van der Waals surface area (Å²) in [5.41, 5.74) is 1.62. The van der Waals surface area contributed by atoms with Gasteiger partial charge in [0, 0.05) is 15.1 Å². The predicted molar refractivity (Wildman–Crippen MR) is 74.3 cm³/mol. The molecular weight excluding hydrogens is 338 g/mol. The molecule has 1 nitrogen and oxygen atoms in total. The lowest BCUT2D eigenvalue weighted by molar-refractivity contribution is 0.219. The number of hydrogen-bond acceptors (Lipinski definition) is 1. The average Bonchev–Trinajstić information content (AvgIpc) is 2.36. The summed E-state index contributed by atoms with van der Waals surface area (Å²) in [5, 5.41) is 10.3. The third-order valence-corrected chi connectivity index (χ3v) is 3.83. The molecule has 1 N–H and O–H groups in total. The van der Waals surface area contributed by atoms with Gasteiger partial charge in [0.2, 0.25) is 0 Å². The van der Waals surface area contributed by atoms with Crippen LogP contribution >= 0.6 is 27.5 Å². The molecule has 0 aliphatic rings. The molecule has 100 valence electrons. The van der Waals surface area contributed by atoms with E-state index < -0.39 is 17.7 Å². The van der Waals surface area contributed by atoms with Crippen LogP contribution in [0.4, 0.5) is 8.78 Å². The normalized spacial score (nSPS) is 12.5. The Kier molecular flexibility index (Phi) is 4.23. The Morgan fingerprint density at radius 3 is 2.42 bits per heavy atom. The van der Waals surface area contributed by atoms with Crippen LogP contribution in [0.5, 0.6) is 0 Å². The number of aryl methyl sites for hydroxylation is 1. The molecule has 0 amide bonds. The summed E-state index contributed by atoms with van der Waals surface area (Å²) in [7, 11) is 0. The molecule has 0 fully saturated rings. The van der Waals surface area contributed by atoms with Crippen LogP contribution in [0.2, 0.25) is 5.02 Å². The van der Waals surface area contributed by atoms with Crippen LogP contribution in [0.3, 0.4) is 0 Å². The summed E-state index contributed by atoms with van der Waals surface area (Å²) in [6, 6.07) is 7.18. The van der Waals surface area contributed by atoms with E-state index in [1.807, 2.05) is 13.0 Å². The van der Waals surface area contributed by atoms with Crippen molar-refractivity contribution in [1.82, 2.24) is 0 Å². The zero-order valence-corrected chi connectivity index (χ0v) is 12.3. The summed E-state index contributed by atoms with van der Waals surface area (Å²) < 4.78 is 26.9. The first-order chi connectivity index (χ1) is 8.90. The number of rotatable bonds is 2. The molecular formula is C14H10BrClF2O. The second kappa shape index (κ2) is 5.57. The van der Waals surface area contributed by atoms with Crippen molar-refractivity contribution >= 4 is 27.5 Å². The van der Waals surface area contributed by atoms with Crippen LogP contribution in [0.1, 0.15) is 22.8 Å². The maximum absolute atomic E-state index is 13.3. The molecule has 0 spiro atoms. The Hall–Kier alpha value is -0.970. The lowest BCUT2D eigenvalue weighted by Crippen LogP contribution is -2.03. The van der Waals surface area contributed by atoms with Gasteiger partial charge in [0.05, 0.1) is 0 Å². The van der Waals surface area contributed by atoms with Gasteiger partial charge in [-0.05, 0) is 30.7 Å².